The molecule has 0 saturated carbocycles. The summed E-state index contributed by atoms with van der Waals surface area (Å²) in [4.78, 5) is 25.6. The minimum atomic E-state index is -1.29. The van der Waals surface area contributed by atoms with Crippen LogP contribution in [0.1, 0.15) is 25.8 Å². The number of benzene rings is 1. The van der Waals surface area contributed by atoms with E-state index < -0.39 is 17.9 Å². The Balaban J connectivity index is 2.26. The Labute approximate surface area is 150 Å². The van der Waals surface area contributed by atoms with Gasteiger partial charge in [-0.1, -0.05) is 50.0 Å². The lowest BCUT2D eigenvalue weighted by atomic mass is 10.0. The fraction of sp³-hybridized carbons (Fsp3) is 0.353. The third-order valence-corrected chi connectivity index (χ3v) is 4.85. The SMILES string of the molecule is COc1ccc(/C=C2\SC(=S)N([C@H](CC(C)C)C(=O)[O-])C2=O)cc1. The van der Waals surface area contributed by atoms with Crippen LogP contribution in [0.25, 0.3) is 6.08 Å². The zero-order chi connectivity index (χ0) is 17.9. The highest BCUT2D eigenvalue weighted by Gasteiger charge is 2.37. The van der Waals surface area contributed by atoms with E-state index in [1.165, 1.54) is 0 Å². The fourth-order valence-corrected chi connectivity index (χ4v) is 3.71. The molecule has 1 fully saturated rings. The molecule has 1 heterocycles. The topological polar surface area (TPSA) is 69.7 Å². The molecule has 1 aliphatic heterocycles. The van der Waals surface area contributed by atoms with Gasteiger partial charge in [-0.2, -0.15) is 0 Å². The number of hydrogen-bond acceptors (Lipinski definition) is 6. The van der Waals surface area contributed by atoms with Gasteiger partial charge in [0.1, 0.15) is 10.1 Å². The van der Waals surface area contributed by atoms with Gasteiger partial charge in [-0.3, -0.25) is 9.69 Å². The second-order valence-corrected chi connectivity index (χ2v) is 7.47. The molecule has 0 radical (unpaired) electrons. The van der Waals surface area contributed by atoms with E-state index in [0.717, 1.165) is 22.2 Å². The summed E-state index contributed by atoms with van der Waals surface area (Å²) >= 11 is 6.32. The molecular formula is C17H18NO4S2-. The van der Waals surface area contributed by atoms with Crippen LogP contribution in [-0.4, -0.2) is 34.2 Å². The number of ether oxygens (including phenoxy) is 1. The number of carboxylic acids is 1. The van der Waals surface area contributed by atoms with Gasteiger partial charge < -0.3 is 14.6 Å². The minimum Gasteiger partial charge on any atom is -0.548 e. The van der Waals surface area contributed by atoms with Crippen LogP contribution in [0.15, 0.2) is 29.2 Å². The van der Waals surface area contributed by atoms with E-state index in [2.05, 4.69) is 0 Å². The van der Waals surface area contributed by atoms with E-state index in [4.69, 9.17) is 17.0 Å². The van der Waals surface area contributed by atoms with Crippen molar-refractivity contribution in [3.63, 3.8) is 0 Å². The van der Waals surface area contributed by atoms with Gasteiger partial charge in [-0.25, -0.2) is 0 Å². The Bertz CT molecular complexity index is 682. The van der Waals surface area contributed by atoms with E-state index in [9.17, 15) is 14.7 Å². The van der Waals surface area contributed by atoms with E-state index in [1.54, 1.807) is 25.3 Å². The summed E-state index contributed by atoms with van der Waals surface area (Å²) in [5.41, 5.74) is 0.810. The first-order valence-electron chi connectivity index (χ1n) is 7.45. The first-order valence-corrected chi connectivity index (χ1v) is 8.68. The molecule has 0 N–H and O–H groups in total. The molecule has 24 heavy (non-hydrogen) atoms. The molecule has 0 aliphatic carbocycles. The molecule has 1 amide bonds. The largest absolute Gasteiger partial charge is 0.548 e. The molecule has 0 aromatic heterocycles. The van der Waals surface area contributed by atoms with Crippen molar-refractivity contribution in [1.82, 2.24) is 4.90 Å². The number of carboxylic acid groups (broad SMARTS) is 1. The van der Waals surface area contributed by atoms with Crippen molar-refractivity contribution in [3.8, 4) is 5.75 Å². The Morgan fingerprint density at radius 3 is 2.50 bits per heavy atom. The number of aliphatic carboxylic acids is 1. The minimum absolute atomic E-state index is 0.100. The van der Waals surface area contributed by atoms with Gasteiger partial charge in [0.2, 0.25) is 0 Å². The Kier molecular flexibility index (Phi) is 6.01. The summed E-state index contributed by atoms with van der Waals surface area (Å²) in [6, 6.07) is 6.16. The van der Waals surface area contributed by atoms with Crippen LogP contribution in [0.4, 0.5) is 0 Å². The molecule has 128 valence electrons. The Morgan fingerprint density at radius 2 is 2.00 bits per heavy atom. The van der Waals surface area contributed by atoms with Gasteiger partial charge in [-0.15, -0.1) is 0 Å². The van der Waals surface area contributed by atoms with Crippen LogP contribution in [0.2, 0.25) is 0 Å². The molecule has 0 bridgehead atoms. The van der Waals surface area contributed by atoms with Crippen LogP contribution in [0, 0.1) is 5.92 Å². The number of hydrogen-bond donors (Lipinski definition) is 0. The maximum Gasteiger partial charge on any atom is 0.266 e. The monoisotopic (exact) mass is 364 g/mol. The highest BCUT2D eigenvalue weighted by molar-refractivity contribution is 8.26. The Hall–Kier alpha value is -1.86. The summed E-state index contributed by atoms with van der Waals surface area (Å²) in [6.45, 7) is 3.78. The van der Waals surface area contributed by atoms with Gasteiger partial charge in [0.25, 0.3) is 5.91 Å². The highest BCUT2D eigenvalue weighted by atomic mass is 32.2. The maximum absolute atomic E-state index is 12.6. The van der Waals surface area contributed by atoms with Gasteiger partial charge in [-0.05, 0) is 36.1 Å². The lowest BCUT2D eigenvalue weighted by Crippen LogP contribution is -2.50. The van der Waals surface area contributed by atoms with Crippen molar-refractivity contribution >= 4 is 46.3 Å². The summed E-state index contributed by atoms with van der Waals surface area (Å²) in [6.07, 6.45) is 1.99. The molecule has 1 atom stereocenters. The lowest BCUT2D eigenvalue weighted by Gasteiger charge is -2.28. The molecule has 0 spiro atoms. The van der Waals surface area contributed by atoms with Crippen molar-refractivity contribution < 1.29 is 19.4 Å². The molecule has 2 rings (SSSR count). The second kappa shape index (κ2) is 7.81. The first-order chi connectivity index (χ1) is 11.3. The molecule has 1 saturated heterocycles. The number of nitrogens with zero attached hydrogens (tertiary/aromatic N) is 1. The van der Waals surface area contributed by atoms with Crippen molar-refractivity contribution in [3.05, 3.63) is 34.7 Å². The molecule has 7 heteroatoms. The molecular weight excluding hydrogens is 346 g/mol. The first kappa shape index (κ1) is 18.5. The predicted molar refractivity (Wildman–Crippen MR) is 96.3 cm³/mol. The summed E-state index contributed by atoms with van der Waals surface area (Å²) < 4.78 is 5.34. The number of methoxy groups -OCH3 is 1. The van der Waals surface area contributed by atoms with E-state index in [1.807, 2.05) is 26.0 Å². The number of thioether (sulfide) groups is 1. The third-order valence-electron chi connectivity index (χ3n) is 3.52. The normalized spacial score (nSPS) is 17.7. The second-order valence-electron chi connectivity index (χ2n) is 5.79. The predicted octanol–water partition coefficient (Wildman–Crippen LogP) is 2.06. The van der Waals surface area contributed by atoms with Gasteiger partial charge >= 0.3 is 0 Å². The van der Waals surface area contributed by atoms with Gasteiger partial charge in [0, 0.05) is 0 Å². The maximum atomic E-state index is 12.6. The number of thiocarbonyl (C=S) groups is 1. The number of amides is 1. The van der Waals surface area contributed by atoms with Crippen molar-refractivity contribution in [2.75, 3.05) is 7.11 Å². The number of rotatable bonds is 6. The van der Waals surface area contributed by atoms with Crippen LogP contribution >= 0.6 is 24.0 Å². The van der Waals surface area contributed by atoms with Crippen LogP contribution < -0.4 is 9.84 Å². The van der Waals surface area contributed by atoms with Crippen LogP contribution in [0.3, 0.4) is 0 Å². The lowest BCUT2D eigenvalue weighted by molar-refractivity contribution is -0.310. The zero-order valence-corrected chi connectivity index (χ0v) is 15.3. The summed E-state index contributed by atoms with van der Waals surface area (Å²) in [5.74, 6) is -0.863. The molecule has 1 aromatic carbocycles. The van der Waals surface area contributed by atoms with E-state index >= 15 is 0 Å². The van der Waals surface area contributed by atoms with Crippen molar-refractivity contribution in [2.45, 2.75) is 26.3 Å². The fourth-order valence-electron chi connectivity index (χ4n) is 2.35. The van der Waals surface area contributed by atoms with E-state index in [-0.39, 0.29) is 10.2 Å². The smallest absolute Gasteiger partial charge is 0.266 e. The number of carbonyl (C=O) groups excluding carboxylic acids is 2. The number of carbonyl (C=O) groups is 2. The van der Waals surface area contributed by atoms with Crippen molar-refractivity contribution in [1.29, 1.82) is 0 Å². The van der Waals surface area contributed by atoms with Crippen LogP contribution in [-0.2, 0) is 9.59 Å². The van der Waals surface area contributed by atoms with Gasteiger partial charge in [0.05, 0.1) is 24.0 Å². The molecule has 5 nitrogen and oxygen atoms in total. The average molecular weight is 364 g/mol. The highest BCUT2D eigenvalue weighted by Crippen LogP contribution is 2.35. The summed E-state index contributed by atoms with van der Waals surface area (Å²) in [5, 5.41) is 11.4. The quantitative estimate of drug-likeness (QED) is 0.568. The third kappa shape index (κ3) is 4.15. The van der Waals surface area contributed by atoms with E-state index in [0.29, 0.717) is 17.1 Å². The summed E-state index contributed by atoms with van der Waals surface area (Å²) in [7, 11) is 1.58. The van der Waals surface area contributed by atoms with Crippen LogP contribution in [0.5, 0.6) is 5.75 Å². The zero-order valence-electron chi connectivity index (χ0n) is 13.6. The molecule has 0 unspecified atom stereocenters. The van der Waals surface area contributed by atoms with Crippen molar-refractivity contribution in [2.24, 2.45) is 5.92 Å². The van der Waals surface area contributed by atoms with Gasteiger partial charge in [0.15, 0.2) is 0 Å². The molecule has 1 aliphatic rings. The molecule has 1 aromatic rings. The Morgan fingerprint density at radius 1 is 1.38 bits per heavy atom. The standard InChI is InChI=1S/C17H19NO4S2/c1-10(2)8-13(16(20)21)18-15(19)14(24-17(18)23)9-11-4-6-12(22-3)7-5-11/h4-7,9-10,13H,8H2,1-3H3,(H,20,21)/p-1/b14-9-/t13-/m1/s1. The average Bonchev–Trinajstić information content (AvgIpc) is 2.79.